The Labute approximate surface area is 158 Å². The van der Waals surface area contributed by atoms with Crippen molar-refractivity contribution in [2.75, 3.05) is 0 Å². The third kappa shape index (κ3) is 2.91. The molecule has 0 heterocycles. The fraction of sp³-hybridized carbons (Fsp3) is 0.400. The highest BCUT2D eigenvalue weighted by Crippen LogP contribution is 2.57. The highest BCUT2D eigenvalue weighted by Gasteiger charge is 2.57. The Bertz CT molecular complexity index is 925. The Kier molecular flexibility index (Phi) is 4.64. The maximum atomic E-state index is 14.7. The molecule has 1 aromatic rings. The molecule has 3 rings (SSSR count). The van der Waals surface area contributed by atoms with Crippen LogP contribution in [0.5, 0.6) is 0 Å². The number of hydrogen-bond acceptors (Lipinski definition) is 2. The van der Waals surface area contributed by atoms with Crippen LogP contribution in [-0.4, -0.2) is 22.2 Å². The lowest BCUT2D eigenvalue weighted by Gasteiger charge is -2.38. The van der Waals surface area contributed by atoms with Crippen LogP contribution in [0.1, 0.15) is 37.8 Å². The zero-order chi connectivity index (χ0) is 21.0. The zero-order valence-electron chi connectivity index (χ0n) is 15.1. The summed E-state index contributed by atoms with van der Waals surface area (Å²) in [6.45, 7) is 2.85. The maximum Gasteiger partial charge on any atom is 0.419 e. The topological polar surface area (TPSA) is 74.6 Å². The molecule has 1 saturated carbocycles. The molecule has 2 unspecified atom stereocenters. The Morgan fingerprint density at radius 3 is 2.25 bits per heavy atom. The third-order valence-corrected chi connectivity index (χ3v) is 5.79. The van der Waals surface area contributed by atoms with Gasteiger partial charge in [-0.15, -0.1) is 0 Å². The van der Waals surface area contributed by atoms with Crippen LogP contribution in [0.25, 0.3) is 5.57 Å². The van der Waals surface area contributed by atoms with E-state index in [0.717, 1.165) is 12.1 Å². The smallest absolute Gasteiger partial charge is 0.419 e. The Morgan fingerprint density at radius 2 is 1.79 bits per heavy atom. The van der Waals surface area contributed by atoms with Crippen molar-refractivity contribution < 1.29 is 37.4 Å². The van der Waals surface area contributed by atoms with Crippen LogP contribution < -0.4 is 0 Å². The SMILES string of the molecule is CC1=C(C(=O)O)C(C)C(C(=O)O)(C2CC2)C=C1c1cccc(C(F)(F)F)c1F. The first-order valence-corrected chi connectivity index (χ1v) is 8.69. The van der Waals surface area contributed by atoms with Crippen LogP contribution in [0.4, 0.5) is 17.6 Å². The van der Waals surface area contributed by atoms with Gasteiger partial charge >= 0.3 is 18.1 Å². The van der Waals surface area contributed by atoms with Crippen molar-refractivity contribution in [3.05, 3.63) is 52.4 Å². The second-order valence-corrected chi connectivity index (χ2v) is 7.30. The van der Waals surface area contributed by atoms with E-state index in [1.54, 1.807) is 0 Å². The molecule has 0 radical (unpaired) electrons. The fourth-order valence-electron chi connectivity index (χ4n) is 4.22. The van der Waals surface area contributed by atoms with Gasteiger partial charge in [0.1, 0.15) is 5.82 Å². The molecule has 28 heavy (non-hydrogen) atoms. The van der Waals surface area contributed by atoms with Crippen molar-refractivity contribution >= 4 is 17.5 Å². The van der Waals surface area contributed by atoms with Crippen molar-refractivity contribution in [1.29, 1.82) is 0 Å². The van der Waals surface area contributed by atoms with E-state index < -0.39 is 46.4 Å². The summed E-state index contributed by atoms with van der Waals surface area (Å²) in [6.07, 6.45) is -2.57. The van der Waals surface area contributed by atoms with E-state index in [1.807, 2.05) is 0 Å². The first-order chi connectivity index (χ1) is 12.9. The molecule has 0 aromatic heterocycles. The van der Waals surface area contributed by atoms with Gasteiger partial charge in [-0.25, -0.2) is 9.18 Å². The van der Waals surface area contributed by atoms with E-state index in [2.05, 4.69) is 0 Å². The quantitative estimate of drug-likeness (QED) is 0.718. The highest BCUT2D eigenvalue weighted by molar-refractivity contribution is 5.99. The van der Waals surface area contributed by atoms with Gasteiger partial charge in [-0.1, -0.05) is 25.1 Å². The fourth-order valence-corrected chi connectivity index (χ4v) is 4.22. The molecule has 0 bridgehead atoms. The predicted molar refractivity (Wildman–Crippen MR) is 91.7 cm³/mol. The number of carbonyl (C=O) groups is 2. The molecule has 0 amide bonds. The summed E-state index contributed by atoms with van der Waals surface area (Å²) in [7, 11) is 0. The molecule has 1 fully saturated rings. The summed E-state index contributed by atoms with van der Waals surface area (Å²) in [5.41, 5.74) is -3.82. The van der Waals surface area contributed by atoms with Gasteiger partial charge in [-0.2, -0.15) is 13.2 Å². The van der Waals surface area contributed by atoms with E-state index in [4.69, 9.17) is 0 Å². The number of halogens is 4. The summed E-state index contributed by atoms with van der Waals surface area (Å²) in [6, 6.07) is 2.72. The van der Waals surface area contributed by atoms with Gasteiger partial charge in [0.2, 0.25) is 0 Å². The molecule has 2 aliphatic rings. The zero-order valence-corrected chi connectivity index (χ0v) is 15.1. The molecule has 4 nitrogen and oxygen atoms in total. The lowest BCUT2D eigenvalue weighted by Crippen LogP contribution is -2.42. The number of carboxylic acid groups (broad SMARTS) is 2. The minimum atomic E-state index is -4.93. The third-order valence-electron chi connectivity index (χ3n) is 5.79. The molecule has 0 spiro atoms. The summed E-state index contributed by atoms with van der Waals surface area (Å²) in [5, 5.41) is 19.6. The Morgan fingerprint density at radius 1 is 1.18 bits per heavy atom. The van der Waals surface area contributed by atoms with Crippen LogP contribution in [0.2, 0.25) is 0 Å². The number of rotatable bonds is 4. The van der Waals surface area contributed by atoms with Gasteiger partial charge in [0.05, 0.1) is 11.0 Å². The van der Waals surface area contributed by atoms with Gasteiger partial charge in [0.25, 0.3) is 0 Å². The normalized spacial score (nSPS) is 25.5. The van der Waals surface area contributed by atoms with Crippen LogP contribution in [0, 0.1) is 23.1 Å². The number of allylic oxidation sites excluding steroid dienone is 2. The summed E-state index contributed by atoms with van der Waals surface area (Å²) in [4.78, 5) is 24.1. The van der Waals surface area contributed by atoms with E-state index in [0.29, 0.717) is 18.9 Å². The summed E-state index contributed by atoms with van der Waals surface area (Å²) < 4.78 is 54.1. The first kappa shape index (κ1) is 20.1. The number of hydrogen-bond donors (Lipinski definition) is 2. The van der Waals surface area contributed by atoms with E-state index in [-0.39, 0.29) is 22.6 Å². The molecule has 150 valence electrons. The molecule has 1 aromatic carbocycles. The standard InChI is InChI=1S/C20H18F4O4/c1-9-13(12-4-3-5-14(16(12)21)20(22,23)24)8-19(18(27)28,11-6-7-11)10(2)15(9)17(25)26/h3-5,8,10-11H,6-7H2,1-2H3,(H,25,26)(H,27,28). The lowest BCUT2D eigenvalue weighted by molar-refractivity contribution is -0.150. The molecular weight excluding hydrogens is 380 g/mol. The second-order valence-electron chi connectivity index (χ2n) is 7.30. The van der Waals surface area contributed by atoms with Crippen molar-refractivity contribution in [3.63, 3.8) is 0 Å². The molecule has 2 aliphatic carbocycles. The molecular formula is C20H18F4O4. The Hall–Kier alpha value is -2.64. The van der Waals surface area contributed by atoms with Gasteiger partial charge < -0.3 is 10.2 Å². The summed E-state index contributed by atoms with van der Waals surface area (Å²) in [5.74, 6) is -5.44. The van der Waals surface area contributed by atoms with E-state index in [1.165, 1.54) is 19.9 Å². The summed E-state index contributed by atoms with van der Waals surface area (Å²) >= 11 is 0. The predicted octanol–water partition coefficient (Wildman–Crippen LogP) is 4.76. The van der Waals surface area contributed by atoms with Crippen molar-refractivity contribution in [2.24, 2.45) is 17.3 Å². The highest BCUT2D eigenvalue weighted by atomic mass is 19.4. The Balaban J connectivity index is 2.32. The number of benzene rings is 1. The van der Waals surface area contributed by atoms with Gasteiger partial charge in [0.15, 0.2) is 0 Å². The van der Waals surface area contributed by atoms with Gasteiger partial charge in [0, 0.05) is 17.1 Å². The van der Waals surface area contributed by atoms with E-state index in [9.17, 15) is 37.4 Å². The molecule has 2 N–H and O–H groups in total. The average molecular weight is 398 g/mol. The largest absolute Gasteiger partial charge is 0.481 e. The van der Waals surface area contributed by atoms with E-state index >= 15 is 0 Å². The minimum absolute atomic E-state index is 0.0655. The van der Waals surface area contributed by atoms with Crippen LogP contribution in [-0.2, 0) is 15.8 Å². The monoisotopic (exact) mass is 398 g/mol. The number of carboxylic acids is 2. The van der Waals surface area contributed by atoms with Crippen LogP contribution in [0.3, 0.4) is 0 Å². The molecule has 0 saturated heterocycles. The van der Waals surface area contributed by atoms with Crippen molar-refractivity contribution in [1.82, 2.24) is 0 Å². The maximum absolute atomic E-state index is 14.7. The van der Waals surface area contributed by atoms with Crippen LogP contribution in [0.15, 0.2) is 35.4 Å². The minimum Gasteiger partial charge on any atom is -0.481 e. The number of aliphatic carboxylic acids is 2. The second kappa shape index (κ2) is 6.46. The molecule has 2 atom stereocenters. The van der Waals surface area contributed by atoms with Gasteiger partial charge in [-0.05, 0) is 42.9 Å². The molecule has 0 aliphatic heterocycles. The lowest BCUT2D eigenvalue weighted by atomic mass is 9.63. The molecule has 8 heteroatoms. The average Bonchev–Trinajstić information content (AvgIpc) is 3.39. The van der Waals surface area contributed by atoms with Crippen molar-refractivity contribution in [3.8, 4) is 0 Å². The number of alkyl halides is 3. The first-order valence-electron chi connectivity index (χ1n) is 8.69. The van der Waals surface area contributed by atoms with Gasteiger partial charge in [-0.3, -0.25) is 4.79 Å². The van der Waals surface area contributed by atoms with Crippen molar-refractivity contribution in [2.45, 2.75) is 32.9 Å². The van der Waals surface area contributed by atoms with Crippen LogP contribution >= 0.6 is 0 Å².